The van der Waals surface area contributed by atoms with Crippen LogP contribution in [0.3, 0.4) is 0 Å². The van der Waals surface area contributed by atoms with Gasteiger partial charge in [-0.25, -0.2) is 0 Å². The summed E-state index contributed by atoms with van der Waals surface area (Å²) in [7, 11) is 0. The molecule has 5 nitrogen and oxygen atoms in total. The van der Waals surface area contributed by atoms with Crippen LogP contribution < -0.4 is 10.2 Å². The van der Waals surface area contributed by atoms with Crippen LogP contribution in [0.5, 0.6) is 5.75 Å². The first kappa shape index (κ1) is 21.4. The lowest BCUT2D eigenvalue weighted by Crippen LogP contribution is -2.11. The summed E-state index contributed by atoms with van der Waals surface area (Å²) in [5.74, 6) is 1.00. The molecule has 0 spiro atoms. The quantitative estimate of drug-likeness (QED) is 0.344. The van der Waals surface area contributed by atoms with Gasteiger partial charge in [-0.2, -0.15) is 5.10 Å². The van der Waals surface area contributed by atoms with Gasteiger partial charge in [0.05, 0.1) is 5.69 Å². The number of hydrogen-bond donors (Lipinski definition) is 2. The van der Waals surface area contributed by atoms with Crippen molar-refractivity contribution >= 4 is 33.7 Å². The van der Waals surface area contributed by atoms with E-state index in [4.69, 9.17) is 0 Å². The monoisotopic (exact) mass is 424 g/mol. The van der Waals surface area contributed by atoms with E-state index in [1.807, 2.05) is 31.2 Å². The smallest absolute Gasteiger partial charge is 0.160 e. The number of aromatic hydroxyl groups is 1. The lowest BCUT2D eigenvalue weighted by molar-refractivity contribution is 0.475. The number of rotatable bonds is 6. The number of allylic oxidation sites excluding steroid dienone is 1. The van der Waals surface area contributed by atoms with Crippen LogP contribution in [-0.4, -0.2) is 15.3 Å². The summed E-state index contributed by atoms with van der Waals surface area (Å²) in [6.07, 6.45) is 3.12. The predicted octanol–water partition coefficient (Wildman–Crippen LogP) is 7.15. The van der Waals surface area contributed by atoms with E-state index in [9.17, 15) is 5.11 Å². The lowest BCUT2D eigenvalue weighted by atomic mass is 10.1. The molecule has 0 aliphatic rings. The zero-order chi connectivity index (χ0) is 22.7. The number of phenols is 1. The SMILES string of the molecule is CCC(C)=CN(c1ccc(O)cc1)c1ccc(Nc2nnc(C)c3ccccc23)cc1C. The number of aromatic nitrogens is 2. The second kappa shape index (κ2) is 9.10. The number of aryl methyl sites for hydroxylation is 2. The van der Waals surface area contributed by atoms with Crippen LogP contribution in [0, 0.1) is 13.8 Å². The fourth-order valence-corrected chi connectivity index (χ4v) is 3.68. The zero-order valence-electron chi connectivity index (χ0n) is 18.9. The molecule has 1 aromatic heterocycles. The van der Waals surface area contributed by atoms with Gasteiger partial charge in [0.1, 0.15) is 5.75 Å². The number of anilines is 4. The molecule has 0 radical (unpaired) electrons. The van der Waals surface area contributed by atoms with Crippen molar-refractivity contribution in [2.24, 2.45) is 0 Å². The molecule has 4 rings (SSSR count). The molecule has 0 saturated heterocycles. The predicted molar refractivity (Wildman–Crippen MR) is 133 cm³/mol. The molecule has 2 N–H and O–H groups in total. The van der Waals surface area contributed by atoms with Crippen LogP contribution in [0.15, 0.2) is 78.5 Å². The Bertz CT molecular complexity index is 1280. The van der Waals surface area contributed by atoms with Gasteiger partial charge in [0, 0.05) is 34.0 Å². The van der Waals surface area contributed by atoms with Gasteiger partial charge in [0.25, 0.3) is 0 Å². The molecule has 32 heavy (non-hydrogen) atoms. The second-order valence-electron chi connectivity index (χ2n) is 8.02. The molecule has 0 fully saturated rings. The Balaban J connectivity index is 1.70. The minimum atomic E-state index is 0.257. The van der Waals surface area contributed by atoms with Gasteiger partial charge in [-0.1, -0.05) is 36.8 Å². The molecule has 1 heterocycles. The summed E-state index contributed by atoms with van der Waals surface area (Å²) in [6.45, 7) is 8.34. The van der Waals surface area contributed by atoms with E-state index in [1.165, 1.54) is 5.57 Å². The van der Waals surface area contributed by atoms with Crippen LogP contribution >= 0.6 is 0 Å². The van der Waals surface area contributed by atoms with Crippen LogP contribution in [-0.2, 0) is 0 Å². The summed E-state index contributed by atoms with van der Waals surface area (Å²) in [5.41, 5.74) is 6.33. The van der Waals surface area contributed by atoms with Crippen molar-refractivity contribution in [2.45, 2.75) is 34.1 Å². The van der Waals surface area contributed by atoms with Gasteiger partial charge >= 0.3 is 0 Å². The normalized spacial score (nSPS) is 11.6. The number of nitrogens with zero attached hydrogens (tertiary/aromatic N) is 3. The van der Waals surface area contributed by atoms with E-state index in [-0.39, 0.29) is 5.75 Å². The lowest BCUT2D eigenvalue weighted by Gasteiger charge is -2.24. The van der Waals surface area contributed by atoms with Crippen molar-refractivity contribution in [3.63, 3.8) is 0 Å². The van der Waals surface area contributed by atoms with Gasteiger partial charge in [0.2, 0.25) is 0 Å². The van der Waals surface area contributed by atoms with Crippen LogP contribution in [0.4, 0.5) is 22.9 Å². The Morgan fingerprint density at radius 1 is 0.969 bits per heavy atom. The van der Waals surface area contributed by atoms with Crippen LogP contribution in [0.1, 0.15) is 31.5 Å². The third kappa shape index (κ3) is 4.42. The first-order chi connectivity index (χ1) is 15.5. The first-order valence-electron chi connectivity index (χ1n) is 10.8. The average Bonchev–Trinajstić information content (AvgIpc) is 2.80. The largest absolute Gasteiger partial charge is 0.508 e. The third-order valence-corrected chi connectivity index (χ3v) is 5.63. The highest BCUT2D eigenvalue weighted by Crippen LogP contribution is 2.33. The zero-order valence-corrected chi connectivity index (χ0v) is 18.9. The molecule has 5 heteroatoms. The van der Waals surface area contributed by atoms with Crippen molar-refractivity contribution in [3.8, 4) is 5.75 Å². The molecule has 0 unspecified atom stereocenters. The van der Waals surface area contributed by atoms with E-state index in [0.29, 0.717) is 0 Å². The van der Waals surface area contributed by atoms with E-state index in [1.54, 1.807) is 12.1 Å². The molecule has 0 aliphatic heterocycles. The molecule has 0 aliphatic carbocycles. The van der Waals surface area contributed by atoms with Gasteiger partial charge in [-0.05, 0) is 75.2 Å². The molecule has 0 bridgehead atoms. The third-order valence-electron chi connectivity index (χ3n) is 5.63. The highest BCUT2D eigenvalue weighted by Gasteiger charge is 2.12. The molecule has 0 amide bonds. The average molecular weight is 425 g/mol. The Morgan fingerprint density at radius 2 is 1.69 bits per heavy atom. The summed E-state index contributed by atoms with van der Waals surface area (Å²) < 4.78 is 0. The van der Waals surface area contributed by atoms with Crippen LogP contribution in [0.25, 0.3) is 10.8 Å². The standard InChI is InChI=1S/C27H28N4O/c1-5-18(2)17-31(22-11-13-23(32)14-12-22)26-15-10-21(16-19(26)3)28-27-25-9-7-6-8-24(25)20(4)29-30-27/h6-17,32H,5H2,1-4H3,(H,28,30). The molecular formula is C27H28N4O. The molecule has 3 aromatic carbocycles. The fraction of sp³-hybridized carbons (Fsp3) is 0.185. The topological polar surface area (TPSA) is 61.3 Å². The Labute approximate surface area is 189 Å². The molecule has 0 saturated carbocycles. The van der Waals surface area contributed by atoms with Gasteiger partial charge in [-0.3, -0.25) is 0 Å². The Kier molecular flexibility index (Phi) is 6.08. The van der Waals surface area contributed by atoms with Crippen molar-refractivity contribution < 1.29 is 5.11 Å². The first-order valence-corrected chi connectivity index (χ1v) is 10.8. The van der Waals surface area contributed by atoms with Crippen molar-refractivity contribution in [2.75, 3.05) is 10.2 Å². The fourth-order valence-electron chi connectivity index (χ4n) is 3.68. The number of phenolic OH excluding ortho intramolecular Hbond substituents is 1. The summed E-state index contributed by atoms with van der Waals surface area (Å²) in [4.78, 5) is 2.17. The molecule has 4 aromatic rings. The highest BCUT2D eigenvalue weighted by molar-refractivity contribution is 5.94. The number of benzene rings is 3. The number of nitrogens with one attached hydrogen (secondary N) is 1. The van der Waals surface area contributed by atoms with E-state index < -0.39 is 0 Å². The highest BCUT2D eigenvalue weighted by atomic mass is 16.3. The van der Waals surface area contributed by atoms with Crippen molar-refractivity contribution in [1.82, 2.24) is 10.2 Å². The van der Waals surface area contributed by atoms with Crippen molar-refractivity contribution in [3.05, 3.63) is 89.8 Å². The maximum atomic E-state index is 9.71. The van der Waals surface area contributed by atoms with Crippen LogP contribution in [0.2, 0.25) is 0 Å². The summed E-state index contributed by atoms with van der Waals surface area (Å²) >= 11 is 0. The van der Waals surface area contributed by atoms with Gasteiger partial charge < -0.3 is 15.3 Å². The second-order valence-corrected chi connectivity index (χ2v) is 8.02. The number of hydrogen-bond acceptors (Lipinski definition) is 5. The maximum Gasteiger partial charge on any atom is 0.160 e. The van der Waals surface area contributed by atoms with E-state index in [2.05, 4.69) is 77.7 Å². The minimum Gasteiger partial charge on any atom is -0.508 e. The Morgan fingerprint density at radius 3 is 2.38 bits per heavy atom. The van der Waals surface area contributed by atoms with Crippen molar-refractivity contribution in [1.29, 1.82) is 0 Å². The maximum absolute atomic E-state index is 9.71. The van der Waals surface area contributed by atoms with E-state index in [0.717, 1.165) is 51.3 Å². The molecular weight excluding hydrogens is 396 g/mol. The van der Waals surface area contributed by atoms with Gasteiger partial charge in [-0.15, -0.1) is 5.10 Å². The number of fused-ring (bicyclic) bond motifs is 1. The summed E-state index contributed by atoms with van der Waals surface area (Å²) in [6, 6.07) is 21.7. The molecule has 162 valence electrons. The van der Waals surface area contributed by atoms with E-state index >= 15 is 0 Å². The Hall–Kier alpha value is -3.86. The summed E-state index contributed by atoms with van der Waals surface area (Å²) in [5, 5.41) is 24.0. The van der Waals surface area contributed by atoms with Gasteiger partial charge in [0.15, 0.2) is 5.82 Å². The molecule has 0 atom stereocenters. The minimum absolute atomic E-state index is 0.257.